The van der Waals surface area contributed by atoms with E-state index in [1.165, 1.54) is 6.07 Å². The molecule has 0 N–H and O–H groups in total. The third-order valence-electron chi connectivity index (χ3n) is 2.05. The van der Waals surface area contributed by atoms with Crippen LogP contribution in [0.2, 0.25) is 0 Å². The molecule has 0 saturated carbocycles. The summed E-state index contributed by atoms with van der Waals surface area (Å²) in [6, 6.07) is 8.55. The van der Waals surface area contributed by atoms with Crippen LogP contribution in [-0.4, -0.2) is 4.98 Å². The summed E-state index contributed by atoms with van der Waals surface area (Å²) in [5.74, 6) is -0.0270. The Morgan fingerprint density at radius 2 is 1.94 bits per heavy atom. The van der Waals surface area contributed by atoms with Crippen LogP contribution < -0.4 is 4.74 Å². The van der Waals surface area contributed by atoms with Crippen molar-refractivity contribution < 1.29 is 9.13 Å². The Morgan fingerprint density at radius 3 is 2.62 bits per heavy atom. The van der Waals surface area contributed by atoms with Gasteiger partial charge in [-0.1, -0.05) is 6.07 Å². The Kier molecular flexibility index (Phi) is 3.71. The fourth-order valence-corrected chi connectivity index (χ4v) is 1.88. The lowest BCUT2D eigenvalue weighted by Crippen LogP contribution is -1.99. The summed E-state index contributed by atoms with van der Waals surface area (Å²) in [6.45, 7) is 0.347. The molecule has 2 nitrogen and oxygen atoms in total. The smallest absolute Gasteiger partial charge is 0.168 e. The SMILES string of the molecule is Fc1cccc(I)c1OCc1ccncc1. The Labute approximate surface area is 107 Å². The van der Waals surface area contributed by atoms with E-state index in [2.05, 4.69) is 27.6 Å². The molecule has 0 amide bonds. The Morgan fingerprint density at radius 1 is 1.19 bits per heavy atom. The fourth-order valence-electron chi connectivity index (χ4n) is 1.25. The lowest BCUT2D eigenvalue weighted by atomic mass is 10.3. The maximum Gasteiger partial charge on any atom is 0.168 e. The summed E-state index contributed by atoms with van der Waals surface area (Å²) < 4.78 is 19.6. The molecule has 0 saturated heterocycles. The van der Waals surface area contributed by atoms with Gasteiger partial charge in [0.05, 0.1) is 3.57 Å². The van der Waals surface area contributed by atoms with Crippen molar-refractivity contribution in [2.24, 2.45) is 0 Å². The summed E-state index contributed by atoms with van der Waals surface area (Å²) in [6.07, 6.45) is 3.37. The number of halogens is 2. The van der Waals surface area contributed by atoms with Crippen LogP contribution in [0.3, 0.4) is 0 Å². The van der Waals surface area contributed by atoms with E-state index in [0.717, 1.165) is 9.13 Å². The predicted octanol–water partition coefficient (Wildman–Crippen LogP) is 3.40. The first kappa shape index (κ1) is 11.3. The summed E-state index contributed by atoms with van der Waals surface area (Å²) in [7, 11) is 0. The number of benzene rings is 1. The molecular formula is C12H9FINO. The van der Waals surface area contributed by atoms with Crippen molar-refractivity contribution in [3.05, 3.63) is 57.7 Å². The molecule has 0 bridgehead atoms. The summed E-state index contributed by atoms with van der Waals surface area (Å²) in [5.41, 5.74) is 0.967. The Hall–Kier alpha value is -1.17. The quantitative estimate of drug-likeness (QED) is 0.805. The molecule has 0 aliphatic carbocycles. The molecule has 0 aliphatic rings. The summed E-state index contributed by atoms with van der Waals surface area (Å²) in [5, 5.41) is 0. The second-order valence-electron chi connectivity index (χ2n) is 3.19. The lowest BCUT2D eigenvalue weighted by Gasteiger charge is -2.08. The third-order valence-corrected chi connectivity index (χ3v) is 2.90. The van der Waals surface area contributed by atoms with Gasteiger partial charge >= 0.3 is 0 Å². The molecule has 0 atom stereocenters. The predicted molar refractivity (Wildman–Crippen MR) is 67.7 cm³/mol. The molecule has 0 unspecified atom stereocenters. The number of pyridine rings is 1. The zero-order valence-corrected chi connectivity index (χ0v) is 10.5. The van der Waals surface area contributed by atoms with Crippen molar-refractivity contribution in [1.29, 1.82) is 0 Å². The van der Waals surface area contributed by atoms with Crippen molar-refractivity contribution in [3.63, 3.8) is 0 Å². The van der Waals surface area contributed by atoms with Crippen LogP contribution >= 0.6 is 22.6 Å². The van der Waals surface area contributed by atoms with E-state index in [1.54, 1.807) is 18.5 Å². The van der Waals surface area contributed by atoms with Crippen LogP contribution in [0.25, 0.3) is 0 Å². The maximum atomic E-state index is 13.4. The van der Waals surface area contributed by atoms with Gasteiger partial charge in [0, 0.05) is 12.4 Å². The fraction of sp³-hybridized carbons (Fsp3) is 0.0833. The molecule has 4 heteroatoms. The van der Waals surface area contributed by atoms with Crippen molar-refractivity contribution in [1.82, 2.24) is 4.98 Å². The Bertz CT molecular complexity index is 455. The van der Waals surface area contributed by atoms with Gasteiger partial charge in [0.15, 0.2) is 11.6 Å². The number of hydrogen-bond donors (Lipinski definition) is 0. The molecule has 0 spiro atoms. The molecule has 1 aromatic heterocycles. The van der Waals surface area contributed by atoms with Crippen LogP contribution in [0, 0.1) is 9.39 Å². The molecule has 2 rings (SSSR count). The molecule has 0 aliphatic heterocycles. The average Bonchev–Trinajstić information content (AvgIpc) is 2.30. The lowest BCUT2D eigenvalue weighted by molar-refractivity contribution is 0.288. The highest BCUT2D eigenvalue weighted by molar-refractivity contribution is 14.1. The van der Waals surface area contributed by atoms with Crippen molar-refractivity contribution >= 4 is 22.6 Å². The van der Waals surface area contributed by atoms with Gasteiger partial charge in [-0.05, 0) is 52.4 Å². The number of para-hydroxylation sites is 1. The van der Waals surface area contributed by atoms with Crippen LogP contribution in [0.4, 0.5) is 4.39 Å². The number of ether oxygens (including phenoxy) is 1. The van der Waals surface area contributed by atoms with Gasteiger partial charge in [-0.15, -0.1) is 0 Å². The molecular weight excluding hydrogens is 320 g/mol. The van der Waals surface area contributed by atoms with Crippen LogP contribution in [0.1, 0.15) is 5.56 Å². The van der Waals surface area contributed by atoms with Gasteiger partial charge in [-0.3, -0.25) is 4.98 Å². The van der Waals surface area contributed by atoms with Crippen molar-refractivity contribution in [2.45, 2.75) is 6.61 Å². The van der Waals surface area contributed by atoms with Crippen LogP contribution in [0.5, 0.6) is 5.75 Å². The van der Waals surface area contributed by atoms with E-state index in [4.69, 9.17) is 4.74 Å². The Balaban J connectivity index is 2.11. The first-order valence-corrected chi connectivity index (χ1v) is 5.81. The number of rotatable bonds is 3. The highest BCUT2D eigenvalue weighted by atomic mass is 127. The maximum absolute atomic E-state index is 13.4. The summed E-state index contributed by atoms with van der Waals surface area (Å²) in [4.78, 5) is 3.90. The molecule has 1 aromatic carbocycles. The molecule has 82 valence electrons. The van der Waals surface area contributed by atoms with Gasteiger partial charge in [-0.2, -0.15) is 0 Å². The molecule has 2 aromatic rings. The van der Waals surface area contributed by atoms with Gasteiger partial charge in [0.25, 0.3) is 0 Å². The van der Waals surface area contributed by atoms with Gasteiger partial charge < -0.3 is 4.74 Å². The number of aromatic nitrogens is 1. The number of hydrogen-bond acceptors (Lipinski definition) is 2. The van der Waals surface area contributed by atoms with E-state index in [-0.39, 0.29) is 5.82 Å². The van der Waals surface area contributed by atoms with Gasteiger partial charge in [0.2, 0.25) is 0 Å². The van der Waals surface area contributed by atoms with Gasteiger partial charge in [-0.25, -0.2) is 4.39 Å². The first-order valence-electron chi connectivity index (χ1n) is 4.73. The van der Waals surface area contributed by atoms with E-state index in [9.17, 15) is 4.39 Å². The largest absolute Gasteiger partial charge is 0.485 e. The van der Waals surface area contributed by atoms with Crippen LogP contribution in [-0.2, 0) is 6.61 Å². The molecule has 0 radical (unpaired) electrons. The monoisotopic (exact) mass is 329 g/mol. The highest BCUT2D eigenvalue weighted by Crippen LogP contribution is 2.24. The second kappa shape index (κ2) is 5.25. The molecule has 16 heavy (non-hydrogen) atoms. The molecule has 1 heterocycles. The highest BCUT2D eigenvalue weighted by Gasteiger charge is 2.07. The number of nitrogens with zero attached hydrogens (tertiary/aromatic N) is 1. The zero-order chi connectivity index (χ0) is 11.4. The third kappa shape index (κ3) is 2.69. The average molecular weight is 329 g/mol. The standard InChI is InChI=1S/C12H9FINO/c13-10-2-1-3-11(14)12(10)16-8-9-4-6-15-7-5-9/h1-7H,8H2. The van der Waals surface area contributed by atoms with E-state index < -0.39 is 0 Å². The minimum atomic E-state index is -0.332. The minimum Gasteiger partial charge on any atom is -0.485 e. The van der Waals surface area contributed by atoms with E-state index >= 15 is 0 Å². The van der Waals surface area contributed by atoms with Gasteiger partial charge in [0.1, 0.15) is 6.61 Å². The second-order valence-corrected chi connectivity index (χ2v) is 4.36. The van der Waals surface area contributed by atoms with Crippen molar-refractivity contribution in [3.8, 4) is 5.75 Å². The molecule has 0 fully saturated rings. The minimum absolute atomic E-state index is 0.305. The normalized spacial score (nSPS) is 10.1. The first-order chi connectivity index (χ1) is 7.77. The summed E-state index contributed by atoms with van der Waals surface area (Å²) >= 11 is 2.05. The zero-order valence-electron chi connectivity index (χ0n) is 8.36. The topological polar surface area (TPSA) is 22.1 Å². The van der Waals surface area contributed by atoms with Crippen molar-refractivity contribution in [2.75, 3.05) is 0 Å². The van der Waals surface area contributed by atoms with E-state index in [1.807, 2.05) is 18.2 Å². The van der Waals surface area contributed by atoms with Crippen LogP contribution in [0.15, 0.2) is 42.7 Å². The van der Waals surface area contributed by atoms with E-state index in [0.29, 0.717) is 12.4 Å².